The molecule has 7 heteroatoms. The van der Waals surface area contributed by atoms with Crippen LogP contribution < -0.4 is 0 Å². The minimum Gasteiger partial charge on any atom is -0.444 e. The third-order valence-corrected chi connectivity index (χ3v) is 4.25. The summed E-state index contributed by atoms with van der Waals surface area (Å²) in [7, 11) is 0. The van der Waals surface area contributed by atoms with Crippen LogP contribution in [-0.2, 0) is 11.3 Å². The third kappa shape index (κ3) is 4.34. The minimum absolute atomic E-state index is 0.0360. The van der Waals surface area contributed by atoms with E-state index >= 15 is 0 Å². The first-order valence-electron chi connectivity index (χ1n) is 7.96. The highest BCUT2D eigenvalue weighted by atomic mass is 79.9. The van der Waals surface area contributed by atoms with Crippen LogP contribution in [0.2, 0.25) is 0 Å². The summed E-state index contributed by atoms with van der Waals surface area (Å²) < 4.78 is 7.83. The lowest BCUT2D eigenvalue weighted by atomic mass is 10.0. The fraction of sp³-hybridized carbons (Fsp3) is 0.688. The van der Waals surface area contributed by atoms with Crippen molar-refractivity contribution in [2.24, 2.45) is 5.92 Å². The van der Waals surface area contributed by atoms with E-state index < -0.39 is 5.60 Å². The number of hydrogen-bond acceptors (Lipinski definition) is 4. The molecule has 1 fully saturated rings. The van der Waals surface area contributed by atoms with Gasteiger partial charge in [0.1, 0.15) is 11.3 Å². The summed E-state index contributed by atoms with van der Waals surface area (Å²) in [5, 5.41) is 4.24. The lowest BCUT2D eigenvalue weighted by Crippen LogP contribution is -2.36. The van der Waals surface area contributed by atoms with Gasteiger partial charge in [0.2, 0.25) is 0 Å². The van der Waals surface area contributed by atoms with E-state index in [1.807, 2.05) is 27.7 Å². The maximum atomic E-state index is 12.8. The smallest absolute Gasteiger partial charge is 0.410 e. The highest BCUT2D eigenvalue weighted by Gasteiger charge is 2.35. The van der Waals surface area contributed by atoms with E-state index in [1.165, 1.54) is 0 Å². The summed E-state index contributed by atoms with van der Waals surface area (Å²) in [6.45, 7) is 9.21. The molecular formula is C16H24BrN3O3. The summed E-state index contributed by atoms with van der Waals surface area (Å²) >= 11 is 3.41. The summed E-state index contributed by atoms with van der Waals surface area (Å²) in [4.78, 5) is 26.5. The number of amides is 1. The number of likely N-dealkylation sites (tertiary alicyclic amines) is 1. The molecule has 0 aliphatic carbocycles. The molecule has 6 nitrogen and oxygen atoms in total. The second kappa shape index (κ2) is 7.03. The number of aromatic nitrogens is 2. The summed E-state index contributed by atoms with van der Waals surface area (Å²) in [5.74, 6) is -0.167. The Morgan fingerprint density at radius 3 is 2.74 bits per heavy atom. The van der Waals surface area contributed by atoms with Crippen LogP contribution in [0.1, 0.15) is 51.0 Å². The highest BCUT2D eigenvalue weighted by molar-refractivity contribution is 9.10. The van der Waals surface area contributed by atoms with Crippen LogP contribution in [0.25, 0.3) is 0 Å². The van der Waals surface area contributed by atoms with Gasteiger partial charge in [0.05, 0.1) is 10.7 Å². The average molecular weight is 386 g/mol. The Hall–Kier alpha value is -1.37. The molecule has 1 atom stereocenters. The molecule has 1 aliphatic heterocycles. The molecule has 23 heavy (non-hydrogen) atoms. The van der Waals surface area contributed by atoms with E-state index in [-0.39, 0.29) is 17.8 Å². The molecule has 0 bridgehead atoms. The standard InChI is InChI=1S/C16H24BrN3O3/c1-5-7-20-13(12(17)9-18-20)14(21)11-6-8-19(10-11)15(22)23-16(2,3)4/h9,11H,5-8,10H2,1-4H3. The Morgan fingerprint density at radius 1 is 1.43 bits per heavy atom. The predicted octanol–water partition coefficient (Wildman–Crippen LogP) is 3.50. The number of Topliss-reactive ketones (excluding diaryl/α,β-unsaturated/α-hetero) is 1. The zero-order chi connectivity index (χ0) is 17.2. The number of aryl methyl sites for hydroxylation is 1. The van der Waals surface area contributed by atoms with E-state index in [4.69, 9.17) is 4.74 Å². The lowest BCUT2D eigenvalue weighted by Gasteiger charge is -2.24. The molecule has 0 saturated carbocycles. The van der Waals surface area contributed by atoms with Crippen LogP contribution in [0.4, 0.5) is 4.79 Å². The molecule has 0 N–H and O–H groups in total. The SMILES string of the molecule is CCCn1ncc(Br)c1C(=O)C1CCN(C(=O)OC(C)(C)C)C1. The number of hydrogen-bond donors (Lipinski definition) is 0. The Labute approximate surface area is 145 Å². The first-order chi connectivity index (χ1) is 10.7. The highest BCUT2D eigenvalue weighted by Crippen LogP contribution is 2.26. The number of carbonyl (C=O) groups is 2. The maximum Gasteiger partial charge on any atom is 0.410 e. The first-order valence-corrected chi connectivity index (χ1v) is 8.75. The molecule has 0 aromatic carbocycles. The summed E-state index contributed by atoms with van der Waals surface area (Å²) in [5.41, 5.74) is 0.0741. The van der Waals surface area contributed by atoms with E-state index in [0.29, 0.717) is 36.2 Å². The first kappa shape index (κ1) is 18.0. The predicted molar refractivity (Wildman–Crippen MR) is 90.5 cm³/mol. The van der Waals surface area contributed by atoms with E-state index in [0.717, 1.165) is 6.42 Å². The molecule has 0 spiro atoms. The molecule has 128 valence electrons. The normalized spacial score (nSPS) is 18.3. The number of halogens is 1. The molecule has 2 heterocycles. The van der Waals surface area contributed by atoms with Crippen molar-refractivity contribution in [1.29, 1.82) is 0 Å². The lowest BCUT2D eigenvalue weighted by molar-refractivity contribution is 0.0289. The van der Waals surface area contributed by atoms with Crippen LogP contribution in [0.3, 0.4) is 0 Å². The van der Waals surface area contributed by atoms with Gasteiger partial charge in [-0.05, 0) is 49.5 Å². The minimum atomic E-state index is -0.526. The Morgan fingerprint density at radius 2 is 2.13 bits per heavy atom. The van der Waals surface area contributed by atoms with Crippen LogP contribution in [0.15, 0.2) is 10.7 Å². The fourth-order valence-electron chi connectivity index (χ4n) is 2.65. The summed E-state index contributed by atoms with van der Waals surface area (Å²) in [6.07, 6.45) is 2.86. The van der Waals surface area contributed by atoms with Gasteiger partial charge in [-0.3, -0.25) is 9.48 Å². The number of rotatable bonds is 4. The van der Waals surface area contributed by atoms with Gasteiger partial charge in [0.25, 0.3) is 0 Å². The zero-order valence-electron chi connectivity index (χ0n) is 14.1. The van der Waals surface area contributed by atoms with Gasteiger partial charge in [-0.1, -0.05) is 6.92 Å². The van der Waals surface area contributed by atoms with Gasteiger partial charge in [-0.2, -0.15) is 5.10 Å². The molecule has 1 aromatic rings. The Bertz CT molecular complexity index is 592. The topological polar surface area (TPSA) is 64.4 Å². The van der Waals surface area contributed by atoms with Gasteiger partial charge < -0.3 is 9.64 Å². The summed E-state index contributed by atoms with van der Waals surface area (Å²) in [6, 6.07) is 0. The second-order valence-corrected chi connectivity index (χ2v) is 7.69. The number of ether oxygens (including phenoxy) is 1. The molecule has 1 amide bonds. The van der Waals surface area contributed by atoms with Crippen LogP contribution in [0.5, 0.6) is 0 Å². The molecule has 1 saturated heterocycles. The number of ketones is 1. The van der Waals surface area contributed by atoms with Gasteiger partial charge in [-0.25, -0.2) is 4.79 Å². The Kier molecular flexibility index (Phi) is 5.49. The van der Waals surface area contributed by atoms with Gasteiger partial charge in [0, 0.05) is 25.6 Å². The van der Waals surface area contributed by atoms with Crippen molar-refractivity contribution in [2.45, 2.75) is 52.7 Å². The van der Waals surface area contributed by atoms with Crippen molar-refractivity contribution < 1.29 is 14.3 Å². The number of nitrogens with zero attached hydrogens (tertiary/aromatic N) is 3. The van der Waals surface area contributed by atoms with Crippen molar-refractivity contribution in [3.8, 4) is 0 Å². The van der Waals surface area contributed by atoms with Gasteiger partial charge in [0.15, 0.2) is 5.78 Å². The van der Waals surface area contributed by atoms with Gasteiger partial charge >= 0.3 is 6.09 Å². The van der Waals surface area contributed by atoms with Crippen LogP contribution in [-0.4, -0.2) is 45.2 Å². The fourth-order valence-corrected chi connectivity index (χ4v) is 3.14. The van der Waals surface area contributed by atoms with Crippen molar-refractivity contribution in [1.82, 2.24) is 14.7 Å². The molecule has 2 rings (SSSR count). The van der Waals surface area contributed by atoms with Crippen LogP contribution >= 0.6 is 15.9 Å². The maximum absolute atomic E-state index is 12.8. The monoisotopic (exact) mass is 385 g/mol. The van der Waals surface area contributed by atoms with Crippen molar-refractivity contribution in [2.75, 3.05) is 13.1 Å². The molecule has 1 aliphatic rings. The largest absolute Gasteiger partial charge is 0.444 e. The van der Waals surface area contributed by atoms with Crippen molar-refractivity contribution in [3.63, 3.8) is 0 Å². The number of carbonyl (C=O) groups excluding carboxylic acids is 2. The Balaban J connectivity index is 2.06. The zero-order valence-corrected chi connectivity index (χ0v) is 15.7. The molecule has 0 radical (unpaired) electrons. The van der Waals surface area contributed by atoms with Crippen molar-refractivity contribution >= 4 is 27.8 Å². The van der Waals surface area contributed by atoms with E-state index in [1.54, 1.807) is 15.8 Å². The van der Waals surface area contributed by atoms with Crippen LogP contribution in [0, 0.1) is 5.92 Å². The van der Waals surface area contributed by atoms with Gasteiger partial charge in [-0.15, -0.1) is 0 Å². The molecular weight excluding hydrogens is 362 g/mol. The van der Waals surface area contributed by atoms with E-state index in [9.17, 15) is 9.59 Å². The van der Waals surface area contributed by atoms with E-state index in [2.05, 4.69) is 21.0 Å². The average Bonchev–Trinajstić information content (AvgIpc) is 3.04. The molecule has 1 aromatic heterocycles. The van der Waals surface area contributed by atoms with Crippen molar-refractivity contribution in [3.05, 3.63) is 16.4 Å². The molecule has 1 unspecified atom stereocenters. The quantitative estimate of drug-likeness (QED) is 0.743. The second-order valence-electron chi connectivity index (χ2n) is 6.84. The third-order valence-electron chi connectivity index (χ3n) is 3.67.